The minimum Gasteiger partial charge on any atom is -0.382 e. The van der Waals surface area contributed by atoms with Crippen LogP contribution >= 0.6 is 0 Å². The van der Waals surface area contributed by atoms with Crippen molar-refractivity contribution in [1.29, 1.82) is 0 Å². The molecule has 0 unspecified atom stereocenters. The van der Waals surface area contributed by atoms with Crippen molar-refractivity contribution in [2.24, 2.45) is 0 Å². The summed E-state index contributed by atoms with van der Waals surface area (Å²) in [6.07, 6.45) is 4.85. The normalized spacial score (nSPS) is 16.6. The van der Waals surface area contributed by atoms with Gasteiger partial charge in [-0.1, -0.05) is 24.3 Å². The molecular weight excluding hydrogens is 471 g/mol. The van der Waals surface area contributed by atoms with Crippen LogP contribution in [0.25, 0.3) is 11.3 Å². The molecule has 2 saturated heterocycles. The minimum absolute atomic E-state index is 0.0430. The number of nitrogens with one attached hydrogen (secondary N) is 1. The topological polar surface area (TPSA) is 130 Å². The molecule has 1 aromatic carbocycles. The Balaban J connectivity index is 1.31. The monoisotopic (exact) mass is 500 g/mol. The van der Waals surface area contributed by atoms with Crippen LogP contribution in [0, 0.1) is 0 Å². The number of carbonyl (C=O) groups is 2. The number of nitrogens with zero attached hydrogens (tertiary/aromatic N) is 6. The maximum atomic E-state index is 13.2. The van der Waals surface area contributed by atoms with Crippen LogP contribution in [0.15, 0.2) is 48.9 Å². The van der Waals surface area contributed by atoms with Crippen LogP contribution in [0.1, 0.15) is 16.1 Å². The minimum atomic E-state index is -0.459. The number of piperazine rings is 1. The van der Waals surface area contributed by atoms with E-state index in [-0.39, 0.29) is 17.4 Å². The number of amides is 2. The maximum Gasteiger partial charge on any atom is 0.278 e. The Labute approximate surface area is 216 Å². The Morgan fingerprint density at radius 3 is 2.62 bits per heavy atom. The zero-order chi connectivity index (χ0) is 25.8. The quantitative estimate of drug-likeness (QED) is 0.462. The average Bonchev–Trinajstić information content (AvgIpc) is 2.92. The molecule has 0 saturated carbocycles. The number of hydrogen-bond donors (Lipinski definition) is 2. The van der Waals surface area contributed by atoms with Gasteiger partial charge in [0.2, 0.25) is 5.91 Å². The number of hydrogen-bond acceptors (Lipinski definition) is 9. The van der Waals surface area contributed by atoms with Gasteiger partial charge in [0.1, 0.15) is 0 Å². The first-order valence-corrected chi connectivity index (χ1v) is 12.2. The number of rotatable bonds is 6. The lowest BCUT2D eigenvalue weighted by Crippen LogP contribution is -2.48. The second-order valence-electron chi connectivity index (χ2n) is 9.19. The first kappa shape index (κ1) is 24.7. The Morgan fingerprint density at radius 2 is 1.86 bits per heavy atom. The largest absolute Gasteiger partial charge is 0.382 e. The van der Waals surface area contributed by atoms with Crippen molar-refractivity contribution in [3.63, 3.8) is 0 Å². The first-order chi connectivity index (χ1) is 18.0. The van der Waals surface area contributed by atoms with Crippen molar-refractivity contribution >= 4 is 37.0 Å². The Kier molecular flexibility index (Phi) is 7.29. The molecule has 2 fully saturated rings. The lowest BCUT2D eigenvalue weighted by atomic mass is 10.1. The Bertz CT molecular complexity index is 1280. The van der Waals surface area contributed by atoms with Gasteiger partial charge in [0, 0.05) is 44.5 Å². The van der Waals surface area contributed by atoms with Gasteiger partial charge in [-0.15, -0.1) is 0 Å². The zero-order valence-corrected chi connectivity index (χ0v) is 20.8. The third-order valence-electron chi connectivity index (χ3n) is 6.55. The molecule has 0 radical (unpaired) electrons. The number of aromatic nitrogens is 3. The number of nitrogens with two attached hydrogens (primary N) is 1. The van der Waals surface area contributed by atoms with Crippen LogP contribution < -0.4 is 16.0 Å². The third kappa shape index (κ3) is 5.70. The van der Waals surface area contributed by atoms with E-state index < -0.39 is 5.91 Å². The summed E-state index contributed by atoms with van der Waals surface area (Å²) in [7, 11) is 1.95. The van der Waals surface area contributed by atoms with E-state index in [2.05, 4.69) is 25.2 Å². The summed E-state index contributed by atoms with van der Waals surface area (Å²) in [6.45, 7) is 5.28. The van der Waals surface area contributed by atoms with Gasteiger partial charge in [0.25, 0.3) is 5.91 Å². The van der Waals surface area contributed by atoms with Crippen molar-refractivity contribution in [3.8, 4) is 11.3 Å². The third-order valence-corrected chi connectivity index (χ3v) is 6.55. The smallest absolute Gasteiger partial charge is 0.278 e. The van der Waals surface area contributed by atoms with E-state index in [4.69, 9.17) is 10.5 Å². The van der Waals surface area contributed by atoms with Crippen LogP contribution in [0.5, 0.6) is 0 Å². The molecule has 37 heavy (non-hydrogen) atoms. The molecule has 12 heteroatoms. The van der Waals surface area contributed by atoms with Crippen LogP contribution in [-0.4, -0.2) is 90.4 Å². The number of benzene rings is 1. The van der Waals surface area contributed by atoms with Crippen LogP contribution in [0.2, 0.25) is 0 Å². The van der Waals surface area contributed by atoms with E-state index in [1.165, 1.54) is 0 Å². The van der Waals surface area contributed by atoms with Crippen molar-refractivity contribution in [2.75, 3.05) is 61.9 Å². The first-order valence-electron chi connectivity index (χ1n) is 12.2. The summed E-state index contributed by atoms with van der Waals surface area (Å²) in [5, 5.41) is 2.90. The molecule has 2 amide bonds. The Hall–Kier alpha value is -4.03. The summed E-state index contributed by atoms with van der Waals surface area (Å²) < 4.78 is 5.44. The highest BCUT2D eigenvalue weighted by Gasteiger charge is 2.22. The van der Waals surface area contributed by atoms with Crippen LogP contribution in [-0.2, 0) is 16.1 Å². The molecule has 2 aliphatic rings. The molecule has 3 aromatic rings. The van der Waals surface area contributed by atoms with Gasteiger partial charge in [-0.05, 0) is 11.6 Å². The Morgan fingerprint density at radius 1 is 1.08 bits per heavy atom. The number of morpholine rings is 1. The fourth-order valence-electron chi connectivity index (χ4n) is 4.44. The fourth-order valence-corrected chi connectivity index (χ4v) is 4.44. The lowest BCUT2D eigenvalue weighted by molar-refractivity contribution is -0.134. The van der Waals surface area contributed by atoms with Gasteiger partial charge in [0.05, 0.1) is 49.2 Å². The van der Waals surface area contributed by atoms with Crippen LogP contribution in [0.3, 0.4) is 0 Å². The van der Waals surface area contributed by atoms with E-state index in [0.717, 1.165) is 36.4 Å². The van der Waals surface area contributed by atoms with Gasteiger partial charge in [-0.2, -0.15) is 0 Å². The second-order valence-corrected chi connectivity index (χ2v) is 9.19. The molecule has 2 aliphatic heterocycles. The summed E-state index contributed by atoms with van der Waals surface area (Å²) in [5.41, 5.74) is 9.87. The molecule has 3 N–H and O–H groups in total. The van der Waals surface area contributed by atoms with Crippen molar-refractivity contribution in [3.05, 3.63) is 60.2 Å². The fraction of sp³-hybridized carbons (Fsp3) is 0.320. The predicted molar refractivity (Wildman–Crippen MR) is 143 cm³/mol. The highest BCUT2D eigenvalue weighted by Crippen LogP contribution is 2.27. The summed E-state index contributed by atoms with van der Waals surface area (Å²) in [5.74, 6) is -0.286. The van der Waals surface area contributed by atoms with E-state index in [1.54, 1.807) is 18.6 Å². The highest BCUT2D eigenvalue weighted by atomic mass is 16.5. The molecule has 5 rings (SSSR count). The summed E-state index contributed by atoms with van der Waals surface area (Å²) in [4.78, 5) is 44.4. The predicted octanol–water partition coefficient (Wildman–Crippen LogP) is 0.402. The van der Waals surface area contributed by atoms with Crippen molar-refractivity contribution in [2.45, 2.75) is 6.54 Å². The van der Waals surface area contributed by atoms with Gasteiger partial charge < -0.3 is 30.4 Å². The van der Waals surface area contributed by atoms with Gasteiger partial charge in [-0.25, -0.2) is 9.97 Å². The van der Waals surface area contributed by atoms with Crippen molar-refractivity contribution in [1.82, 2.24) is 24.7 Å². The molecule has 4 heterocycles. The maximum absolute atomic E-state index is 13.2. The number of anilines is 3. The highest BCUT2D eigenvalue weighted by molar-refractivity contribution is 6.07. The van der Waals surface area contributed by atoms with E-state index >= 15 is 0 Å². The van der Waals surface area contributed by atoms with Crippen LogP contribution in [0.4, 0.5) is 17.2 Å². The summed E-state index contributed by atoms with van der Waals surface area (Å²) in [6, 6.07) is 9.61. The zero-order valence-electron chi connectivity index (χ0n) is 20.8. The van der Waals surface area contributed by atoms with E-state index in [0.29, 0.717) is 44.2 Å². The SMILES string of the molecule is BN1CCN(Cc2ccc(-c3cnc(N)c(C(=O)Nc4cnccc4N4CCOCC4)n3)cc2)C(=O)C1. The standard InChI is InChI=1S/C25H29BN8O3/c26-34-8-7-33(22(35)16-34)15-17-1-3-18(4-2-17)19-14-29-24(27)23(30-19)25(36)31-20-13-28-6-5-21(20)32-9-11-37-12-10-32/h1-6,13-14H,7-12,15-16,26H2,(H2,27,29)(H,31,36). The number of pyridine rings is 1. The molecule has 11 nitrogen and oxygen atoms in total. The molecule has 2 aromatic heterocycles. The number of carbonyl (C=O) groups excluding carboxylic acids is 2. The molecule has 0 spiro atoms. The molecule has 0 bridgehead atoms. The van der Waals surface area contributed by atoms with Gasteiger partial charge in [0.15, 0.2) is 19.5 Å². The second kappa shape index (κ2) is 10.9. The molecular formula is C25H29BN8O3. The number of nitrogen functional groups attached to an aromatic ring is 1. The molecule has 0 atom stereocenters. The van der Waals surface area contributed by atoms with E-state index in [1.807, 2.05) is 48.0 Å². The van der Waals surface area contributed by atoms with Crippen molar-refractivity contribution < 1.29 is 14.3 Å². The summed E-state index contributed by atoms with van der Waals surface area (Å²) >= 11 is 0. The molecule has 190 valence electrons. The average molecular weight is 500 g/mol. The lowest BCUT2D eigenvalue weighted by Gasteiger charge is -2.32. The molecule has 0 aliphatic carbocycles. The van der Waals surface area contributed by atoms with E-state index in [9.17, 15) is 9.59 Å². The number of ether oxygens (including phenoxy) is 1. The van der Waals surface area contributed by atoms with Gasteiger partial charge >= 0.3 is 0 Å². The van der Waals surface area contributed by atoms with Gasteiger partial charge in [-0.3, -0.25) is 14.6 Å².